The molecule has 102 valence electrons. The van der Waals surface area contributed by atoms with E-state index in [0.29, 0.717) is 29.6 Å². The number of hydrogen-bond acceptors (Lipinski definition) is 3. The largest absolute Gasteiger partial charge is 0.297 e. The minimum atomic E-state index is -0.398. The molecule has 1 atom stereocenters. The number of benzene rings is 1. The highest BCUT2D eigenvalue weighted by molar-refractivity contribution is 5.86. The molecule has 0 aliphatic heterocycles. The van der Waals surface area contributed by atoms with Crippen molar-refractivity contribution in [2.45, 2.75) is 32.2 Å². The van der Waals surface area contributed by atoms with Gasteiger partial charge in [0.15, 0.2) is 5.78 Å². The first-order valence-corrected chi connectivity index (χ1v) is 6.75. The van der Waals surface area contributed by atoms with Crippen LogP contribution in [-0.2, 0) is 4.79 Å². The fourth-order valence-electron chi connectivity index (χ4n) is 2.85. The number of aromatic nitrogens is 2. The molecule has 0 spiro atoms. The van der Waals surface area contributed by atoms with Gasteiger partial charge in [-0.2, -0.15) is 0 Å². The monoisotopic (exact) mass is 268 g/mol. The Morgan fingerprint density at radius 2 is 2.05 bits per heavy atom. The lowest BCUT2D eigenvalue weighted by Gasteiger charge is -2.25. The summed E-state index contributed by atoms with van der Waals surface area (Å²) < 4.78 is 1.55. The van der Waals surface area contributed by atoms with E-state index in [1.54, 1.807) is 17.6 Å². The Hall–Kier alpha value is -2.23. The summed E-state index contributed by atoms with van der Waals surface area (Å²) in [7, 11) is 0. The molecule has 0 bridgehead atoms. The Kier molecular flexibility index (Phi) is 3.01. The predicted molar refractivity (Wildman–Crippen MR) is 77.8 cm³/mol. The third-order valence-corrected chi connectivity index (χ3v) is 3.86. The first-order chi connectivity index (χ1) is 9.58. The van der Waals surface area contributed by atoms with Crippen molar-refractivity contribution in [2.24, 2.45) is 0 Å². The summed E-state index contributed by atoms with van der Waals surface area (Å²) in [6, 6.07) is 6.85. The normalized spacial score (nSPS) is 19.6. The maximum Gasteiger partial charge on any atom is 0.262 e. The van der Waals surface area contributed by atoms with Gasteiger partial charge in [0.2, 0.25) is 0 Å². The van der Waals surface area contributed by atoms with Gasteiger partial charge in [0.1, 0.15) is 5.82 Å². The summed E-state index contributed by atoms with van der Waals surface area (Å²) in [5, 5.41) is 0.565. The van der Waals surface area contributed by atoms with Crippen LogP contribution in [0.3, 0.4) is 0 Å². The highest BCUT2D eigenvalue weighted by Crippen LogP contribution is 2.28. The third-order valence-electron chi connectivity index (χ3n) is 3.86. The van der Waals surface area contributed by atoms with E-state index < -0.39 is 6.04 Å². The second kappa shape index (κ2) is 4.71. The summed E-state index contributed by atoms with van der Waals surface area (Å²) >= 11 is 0. The van der Waals surface area contributed by atoms with Crippen molar-refractivity contribution < 1.29 is 4.79 Å². The highest BCUT2D eigenvalue weighted by Gasteiger charge is 2.28. The van der Waals surface area contributed by atoms with Gasteiger partial charge in [0.05, 0.1) is 16.9 Å². The van der Waals surface area contributed by atoms with Gasteiger partial charge in [-0.25, -0.2) is 4.98 Å². The maximum absolute atomic E-state index is 12.6. The fraction of sp³-hybridized carbons (Fsp3) is 0.312. The standard InChI is InChI=1S/C16H16N2O2/c1-10-7-8-14(15(19)9-10)18-11(2)17-13-6-4-3-5-12(13)16(18)20/h3-6,14H,1,7-9H2,2H3. The van der Waals surface area contributed by atoms with Crippen LogP contribution in [0.5, 0.6) is 0 Å². The van der Waals surface area contributed by atoms with Crippen LogP contribution in [-0.4, -0.2) is 15.3 Å². The van der Waals surface area contributed by atoms with Crippen molar-refractivity contribution in [3.8, 4) is 0 Å². The van der Waals surface area contributed by atoms with Gasteiger partial charge in [-0.1, -0.05) is 24.3 Å². The molecule has 3 rings (SSSR count). The van der Waals surface area contributed by atoms with Crippen molar-refractivity contribution in [1.29, 1.82) is 0 Å². The minimum Gasteiger partial charge on any atom is -0.297 e. The molecular weight excluding hydrogens is 252 g/mol. The molecule has 1 unspecified atom stereocenters. The van der Waals surface area contributed by atoms with Crippen LogP contribution in [0.25, 0.3) is 10.9 Å². The number of aryl methyl sites for hydroxylation is 1. The molecule has 20 heavy (non-hydrogen) atoms. The molecule has 0 saturated heterocycles. The smallest absolute Gasteiger partial charge is 0.262 e. The average molecular weight is 268 g/mol. The van der Waals surface area contributed by atoms with E-state index in [0.717, 1.165) is 12.0 Å². The van der Waals surface area contributed by atoms with E-state index >= 15 is 0 Å². The number of fused-ring (bicyclic) bond motifs is 1. The molecule has 0 radical (unpaired) electrons. The van der Waals surface area contributed by atoms with Crippen molar-refractivity contribution in [2.75, 3.05) is 0 Å². The number of rotatable bonds is 1. The van der Waals surface area contributed by atoms with Crippen molar-refractivity contribution in [3.63, 3.8) is 0 Å². The molecule has 1 aromatic heterocycles. The highest BCUT2D eigenvalue weighted by atomic mass is 16.1. The van der Waals surface area contributed by atoms with Crippen LogP contribution in [0.4, 0.5) is 0 Å². The zero-order valence-corrected chi connectivity index (χ0v) is 11.4. The number of nitrogens with zero attached hydrogens (tertiary/aromatic N) is 2. The van der Waals surface area contributed by atoms with Crippen molar-refractivity contribution >= 4 is 16.7 Å². The predicted octanol–water partition coefficient (Wildman–Crippen LogP) is 2.56. The summed E-state index contributed by atoms with van der Waals surface area (Å²) in [6.45, 7) is 5.65. The number of para-hydroxylation sites is 1. The lowest BCUT2D eigenvalue weighted by atomic mass is 9.90. The molecule has 1 heterocycles. The Morgan fingerprint density at radius 3 is 2.80 bits per heavy atom. The molecule has 1 saturated carbocycles. The molecule has 2 aromatic rings. The topological polar surface area (TPSA) is 52.0 Å². The minimum absolute atomic E-state index is 0.0588. The number of carbonyl (C=O) groups is 1. The summed E-state index contributed by atoms with van der Waals surface area (Å²) in [6.07, 6.45) is 1.79. The van der Waals surface area contributed by atoms with Crippen molar-refractivity contribution in [3.05, 3.63) is 52.6 Å². The van der Waals surface area contributed by atoms with Crippen LogP contribution in [0.15, 0.2) is 41.2 Å². The Bertz CT molecular complexity index is 774. The molecule has 1 fully saturated rings. The lowest BCUT2D eigenvalue weighted by Crippen LogP contribution is -2.34. The van der Waals surface area contributed by atoms with E-state index in [-0.39, 0.29) is 11.3 Å². The van der Waals surface area contributed by atoms with Gasteiger partial charge in [0.25, 0.3) is 5.56 Å². The van der Waals surface area contributed by atoms with Crippen LogP contribution >= 0.6 is 0 Å². The van der Waals surface area contributed by atoms with Gasteiger partial charge in [-0.3, -0.25) is 14.2 Å². The van der Waals surface area contributed by atoms with Gasteiger partial charge >= 0.3 is 0 Å². The zero-order valence-electron chi connectivity index (χ0n) is 11.4. The first kappa shape index (κ1) is 12.8. The van der Waals surface area contributed by atoms with Crippen LogP contribution in [0, 0.1) is 6.92 Å². The molecular formula is C16H16N2O2. The molecule has 1 aliphatic rings. The van der Waals surface area contributed by atoms with Gasteiger partial charge in [0, 0.05) is 6.42 Å². The molecule has 0 N–H and O–H groups in total. The quantitative estimate of drug-likeness (QED) is 0.747. The Labute approximate surface area is 116 Å². The molecule has 1 aliphatic carbocycles. The van der Waals surface area contributed by atoms with Crippen LogP contribution < -0.4 is 5.56 Å². The molecule has 1 aromatic carbocycles. The van der Waals surface area contributed by atoms with E-state index in [9.17, 15) is 9.59 Å². The van der Waals surface area contributed by atoms with E-state index in [1.807, 2.05) is 18.2 Å². The Morgan fingerprint density at radius 1 is 1.30 bits per heavy atom. The molecule has 0 amide bonds. The van der Waals surface area contributed by atoms with Crippen LogP contribution in [0.1, 0.15) is 31.1 Å². The third kappa shape index (κ3) is 1.97. The Balaban J connectivity index is 2.19. The first-order valence-electron chi connectivity index (χ1n) is 6.75. The van der Waals surface area contributed by atoms with Gasteiger partial charge in [-0.05, 0) is 31.9 Å². The average Bonchev–Trinajstić information content (AvgIpc) is 2.41. The van der Waals surface area contributed by atoms with E-state index in [1.165, 1.54) is 0 Å². The van der Waals surface area contributed by atoms with Gasteiger partial charge < -0.3 is 0 Å². The summed E-state index contributed by atoms with van der Waals surface area (Å²) in [4.78, 5) is 29.3. The second-order valence-corrected chi connectivity index (χ2v) is 5.30. The number of ketones is 1. The number of allylic oxidation sites excluding steroid dienone is 1. The lowest BCUT2D eigenvalue weighted by molar-refractivity contribution is -0.122. The number of hydrogen-bond donors (Lipinski definition) is 0. The molecule has 4 nitrogen and oxygen atoms in total. The molecule has 4 heteroatoms. The summed E-state index contributed by atoms with van der Waals surface area (Å²) in [5.74, 6) is 0.656. The summed E-state index contributed by atoms with van der Waals surface area (Å²) in [5.41, 5.74) is 1.50. The maximum atomic E-state index is 12.6. The van der Waals surface area contributed by atoms with Crippen molar-refractivity contribution in [1.82, 2.24) is 9.55 Å². The van der Waals surface area contributed by atoms with E-state index in [4.69, 9.17) is 0 Å². The van der Waals surface area contributed by atoms with Gasteiger partial charge in [-0.15, -0.1) is 0 Å². The second-order valence-electron chi connectivity index (χ2n) is 5.30. The van der Waals surface area contributed by atoms with E-state index in [2.05, 4.69) is 11.6 Å². The number of carbonyl (C=O) groups excluding carboxylic acids is 1. The van der Waals surface area contributed by atoms with Crippen LogP contribution in [0.2, 0.25) is 0 Å². The zero-order chi connectivity index (χ0) is 14.3. The SMILES string of the molecule is C=C1CCC(n2c(C)nc3ccccc3c2=O)C(=O)C1. The fourth-order valence-corrected chi connectivity index (χ4v) is 2.85. The number of Topliss-reactive ketones (excluding diaryl/α,β-unsaturated/α-hetero) is 1.